The number of benzene rings is 1. The highest BCUT2D eigenvalue weighted by atomic mass is 79.9. The van der Waals surface area contributed by atoms with Crippen LogP contribution < -0.4 is 5.32 Å². The number of halogens is 1. The molecule has 1 aliphatic heterocycles. The van der Waals surface area contributed by atoms with Gasteiger partial charge in [-0.2, -0.15) is 0 Å². The molecule has 19 heavy (non-hydrogen) atoms. The molecule has 1 atom stereocenters. The van der Waals surface area contributed by atoms with Crippen molar-refractivity contribution in [3.8, 4) is 0 Å². The molecule has 2 rings (SSSR count). The highest BCUT2D eigenvalue weighted by Crippen LogP contribution is 2.25. The average molecular weight is 326 g/mol. The van der Waals surface area contributed by atoms with E-state index in [0.717, 1.165) is 22.9 Å². The van der Waals surface area contributed by atoms with Crippen molar-refractivity contribution in [1.29, 1.82) is 0 Å². The Balaban J connectivity index is 2.06. The van der Waals surface area contributed by atoms with Gasteiger partial charge in [-0.25, -0.2) is 0 Å². The Labute approximate surface area is 122 Å². The lowest BCUT2D eigenvalue weighted by Gasteiger charge is -2.35. The molecule has 1 amide bonds. The Morgan fingerprint density at radius 1 is 1.47 bits per heavy atom. The second-order valence-electron chi connectivity index (χ2n) is 5.75. The Kier molecular flexibility index (Phi) is 4.31. The summed E-state index contributed by atoms with van der Waals surface area (Å²) in [4.78, 5) is 12.3. The highest BCUT2D eigenvalue weighted by Gasteiger charge is 2.30. The number of carbonyl (C=O) groups is 1. The van der Waals surface area contributed by atoms with E-state index in [4.69, 9.17) is 4.74 Å². The van der Waals surface area contributed by atoms with Crippen molar-refractivity contribution in [2.75, 3.05) is 6.61 Å². The molecule has 1 heterocycles. The quantitative estimate of drug-likeness (QED) is 0.904. The largest absolute Gasteiger partial charge is 0.375 e. The maximum absolute atomic E-state index is 12.3. The van der Waals surface area contributed by atoms with Gasteiger partial charge in [-0.15, -0.1) is 0 Å². The summed E-state index contributed by atoms with van der Waals surface area (Å²) in [5.41, 5.74) is 1.63. The Hall–Kier alpha value is -0.870. The van der Waals surface area contributed by atoms with Gasteiger partial charge in [-0.3, -0.25) is 4.79 Å². The second kappa shape index (κ2) is 5.63. The van der Waals surface area contributed by atoms with E-state index in [1.807, 2.05) is 25.1 Å². The zero-order valence-corrected chi connectivity index (χ0v) is 13.2. The van der Waals surface area contributed by atoms with Crippen LogP contribution in [0.2, 0.25) is 0 Å². The molecular formula is C15H20BrNO2. The summed E-state index contributed by atoms with van der Waals surface area (Å²) in [6.07, 6.45) is 1.72. The van der Waals surface area contributed by atoms with Crippen LogP contribution in [-0.4, -0.2) is 24.2 Å². The maximum Gasteiger partial charge on any atom is 0.252 e. The standard InChI is InChI=1S/C15H20BrNO2/c1-10-4-5-13(16)12(8-10)14(18)17-11-6-7-19-15(2,3)9-11/h4-5,8,11H,6-7,9H2,1-3H3,(H,17,18). The van der Waals surface area contributed by atoms with E-state index < -0.39 is 0 Å². The molecule has 0 saturated carbocycles. The van der Waals surface area contributed by atoms with Crippen LogP contribution in [0, 0.1) is 6.92 Å². The predicted octanol–water partition coefficient (Wildman–Crippen LogP) is 3.44. The van der Waals surface area contributed by atoms with Crippen molar-refractivity contribution in [2.45, 2.75) is 45.3 Å². The second-order valence-corrected chi connectivity index (χ2v) is 6.61. The van der Waals surface area contributed by atoms with Crippen LogP contribution in [0.3, 0.4) is 0 Å². The van der Waals surface area contributed by atoms with Gasteiger partial charge in [0.05, 0.1) is 11.2 Å². The molecule has 0 aromatic heterocycles. The van der Waals surface area contributed by atoms with E-state index in [2.05, 4.69) is 35.1 Å². The van der Waals surface area contributed by atoms with Gasteiger partial charge < -0.3 is 10.1 Å². The molecule has 0 aliphatic carbocycles. The van der Waals surface area contributed by atoms with E-state index in [1.54, 1.807) is 0 Å². The minimum absolute atomic E-state index is 0.0155. The molecule has 3 nitrogen and oxygen atoms in total. The zero-order valence-electron chi connectivity index (χ0n) is 11.6. The summed E-state index contributed by atoms with van der Waals surface area (Å²) < 4.78 is 6.50. The summed E-state index contributed by atoms with van der Waals surface area (Å²) in [6.45, 7) is 6.81. The highest BCUT2D eigenvalue weighted by molar-refractivity contribution is 9.10. The number of ether oxygens (including phenoxy) is 1. The van der Waals surface area contributed by atoms with Gasteiger partial charge in [-0.05, 0) is 61.7 Å². The number of hydrogen-bond acceptors (Lipinski definition) is 2. The van der Waals surface area contributed by atoms with Gasteiger partial charge >= 0.3 is 0 Å². The van der Waals surface area contributed by atoms with Crippen molar-refractivity contribution in [2.24, 2.45) is 0 Å². The van der Waals surface area contributed by atoms with Crippen molar-refractivity contribution >= 4 is 21.8 Å². The fourth-order valence-electron chi connectivity index (χ4n) is 2.43. The van der Waals surface area contributed by atoms with Gasteiger partial charge in [0, 0.05) is 17.1 Å². The molecule has 1 aromatic rings. The van der Waals surface area contributed by atoms with Crippen molar-refractivity contribution in [3.05, 3.63) is 33.8 Å². The Bertz CT molecular complexity index is 485. The summed E-state index contributed by atoms with van der Waals surface area (Å²) in [7, 11) is 0. The molecule has 4 heteroatoms. The number of nitrogens with one attached hydrogen (secondary N) is 1. The lowest BCUT2D eigenvalue weighted by atomic mass is 9.93. The molecule has 1 saturated heterocycles. The van der Waals surface area contributed by atoms with Crippen LogP contribution >= 0.6 is 15.9 Å². The molecule has 0 radical (unpaired) electrons. The van der Waals surface area contributed by atoms with E-state index in [9.17, 15) is 4.79 Å². The van der Waals surface area contributed by atoms with Gasteiger partial charge in [0.2, 0.25) is 0 Å². The first kappa shape index (κ1) is 14.5. The molecule has 1 N–H and O–H groups in total. The molecule has 1 fully saturated rings. The van der Waals surface area contributed by atoms with Gasteiger partial charge in [0.15, 0.2) is 0 Å². The molecule has 1 unspecified atom stereocenters. The van der Waals surface area contributed by atoms with Crippen LogP contribution in [0.25, 0.3) is 0 Å². The van der Waals surface area contributed by atoms with Crippen LogP contribution in [0.15, 0.2) is 22.7 Å². The van der Waals surface area contributed by atoms with Crippen LogP contribution in [0.1, 0.15) is 42.6 Å². The van der Waals surface area contributed by atoms with Crippen LogP contribution in [0.4, 0.5) is 0 Å². The molecule has 0 spiro atoms. The SMILES string of the molecule is Cc1ccc(Br)c(C(=O)NC2CCOC(C)(C)C2)c1. The summed E-state index contributed by atoms with van der Waals surface area (Å²) in [5, 5.41) is 3.11. The number of carbonyl (C=O) groups excluding carboxylic acids is 1. The fraction of sp³-hybridized carbons (Fsp3) is 0.533. The van der Waals surface area contributed by atoms with Gasteiger partial charge in [0.25, 0.3) is 5.91 Å². The first-order valence-electron chi connectivity index (χ1n) is 6.58. The van der Waals surface area contributed by atoms with E-state index >= 15 is 0 Å². The number of hydrogen-bond donors (Lipinski definition) is 1. The molecular weight excluding hydrogens is 306 g/mol. The van der Waals surface area contributed by atoms with E-state index in [-0.39, 0.29) is 17.6 Å². The number of rotatable bonds is 2. The first-order valence-corrected chi connectivity index (χ1v) is 7.38. The van der Waals surface area contributed by atoms with Crippen LogP contribution in [-0.2, 0) is 4.74 Å². The molecule has 1 aliphatic rings. The monoisotopic (exact) mass is 325 g/mol. The summed E-state index contributed by atoms with van der Waals surface area (Å²) >= 11 is 3.43. The molecule has 1 aromatic carbocycles. The maximum atomic E-state index is 12.3. The normalized spacial score (nSPS) is 22.0. The third-order valence-electron chi connectivity index (χ3n) is 3.40. The number of amides is 1. The summed E-state index contributed by atoms with van der Waals surface area (Å²) in [6, 6.07) is 5.99. The van der Waals surface area contributed by atoms with Gasteiger partial charge in [0.1, 0.15) is 0 Å². The van der Waals surface area contributed by atoms with Crippen molar-refractivity contribution < 1.29 is 9.53 Å². The third-order valence-corrected chi connectivity index (χ3v) is 4.09. The smallest absolute Gasteiger partial charge is 0.252 e. The topological polar surface area (TPSA) is 38.3 Å². The van der Waals surface area contributed by atoms with E-state index in [1.165, 1.54) is 0 Å². The van der Waals surface area contributed by atoms with Gasteiger partial charge in [-0.1, -0.05) is 11.6 Å². The summed E-state index contributed by atoms with van der Waals surface area (Å²) in [5.74, 6) is -0.0155. The number of aryl methyl sites for hydroxylation is 1. The predicted molar refractivity (Wildman–Crippen MR) is 79.4 cm³/mol. The minimum Gasteiger partial charge on any atom is -0.375 e. The van der Waals surface area contributed by atoms with Crippen LogP contribution in [0.5, 0.6) is 0 Å². The zero-order chi connectivity index (χ0) is 14.0. The third kappa shape index (κ3) is 3.80. The molecule has 104 valence electrons. The Morgan fingerprint density at radius 2 is 2.21 bits per heavy atom. The van der Waals surface area contributed by atoms with Crippen molar-refractivity contribution in [3.63, 3.8) is 0 Å². The lowest BCUT2D eigenvalue weighted by molar-refractivity contribution is -0.0615. The van der Waals surface area contributed by atoms with Crippen molar-refractivity contribution in [1.82, 2.24) is 5.32 Å². The lowest BCUT2D eigenvalue weighted by Crippen LogP contribution is -2.45. The molecule has 0 bridgehead atoms. The minimum atomic E-state index is -0.153. The fourth-order valence-corrected chi connectivity index (χ4v) is 2.86. The average Bonchev–Trinajstić information content (AvgIpc) is 2.31. The van der Waals surface area contributed by atoms with E-state index in [0.29, 0.717) is 12.2 Å². The Morgan fingerprint density at radius 3 is 2.89 bits per heavy atom. The first-order chi connectivity index (χ1) is 8.87.